The van der Waals surface area contributed by atoms with Gasteiger partial charge in [-0.3, -0.25) is 4.79 Å². The van der Waals surface area contributed by atoms with Crippen molar-refractivity contribution in [3.63, 3.8) is 0 Å². The number of para-hydroxylation sites is 2. The minimum atomic E-state index is -0.205. The number of nitrogens with two attached hydrogens (primary N) is 1. The lowest BCUT2D eigenvalue weighted by molar-refractivity contribution is -0.111. The standard InChI is InChI=1S/C13H13N3O/c14-11-3-1-2-4-12(11)16-13(17)6-5-10-7-8-15-9-10/h1-9,15H,14H2,(H,16,17)/b6-5+. The Kier molecular flexibility index (Phi) is 3.25. The number of amides is 1. The quantitative estimate of drug-likeness (QED) is 0.556. The lowest BCUT2D eigenvalue weighted by Crippen LogP contribution is -2.09. The average molecular weight is 227 g/mol. The van der Waals surface area contributed by atoms with Gasteiger partial charge in [-0.2, -0.15) is 0 Å². The molecule has 4 heteroatoms. The molecule has 0 spiro atoms. The summed E-state index contributed by atoms with van der Waals surface area (Å²) >= 11 is 0. The van der Waals surface area contributed by atoms with Gasteiger partial charge in [0, 0.05) is 18.5 Å². The van der Waals surface area contributed by atoms with E-state index in [1.165, 1.54) is 6.08 Å². The van der Waals surface area contributed by atoms with E-state index in [0.717, 1.165) is 5.56 Å². The van der Waals surface area contributed by atoms with Crippen molar-refractivity contribution in [3.05, 3.63) is 54.4 Å². The molecule has 0 aliphatic heterocycles. The highest BCUT2D eigenvalue weighted by atomic mass is 16.1. The zero-order valence-electron chi connectivity index (χ0n) is 9.18. The molecule has 0 fully saturated rings. The smallest absolute Gasteiger partial charge is 0.248 e. The van der Waals surface area contributed by atoms with Crippen LogP contribution in [0.25, 0.3) is 6.08 Å². The van der Waals surface area contributed by atoms with E-state index in [2.05, 4.69) is 10.3 Å². The molecule has 4 N–H and O–H groups in total. The van der Waals surface area contributed by atoms with E-state index < -0.39 is 0 Å². The van der Waals surface area contributed by atoms with Gasteiger partial charge in [-0.25, -0.2) is 0 Å². The van der Waals surface area contributed by atoms with Crippen molar-refractivity contribution in [1.82, 2.24) is 4.98 Å². The van der Waals surface area contributed by atoms with E-state index in [1.54, 1.807) is 30.6 Å². The second kappa shape index (κ2) is 5.03. The van der Waals surface area contributed by atoms with Gasteiger partial charge in [0.15, 0.2) is 0 Å². The maximum absolute atomic E-state index is 11.6. The van der Waals surface area contributed by atoms with Crippen LogP contribution in [0.3, 0.4) is 0 Å². The summed E-state index contributed by atoms with van der Waals surface area (Å²) in [4.78, 5) is 14.5. The van der Waals surface area contributed by atoms with Crippen molar-refractivity contribution < 1.29 is 4.79 Å². The summed E-state index contributed by atoms with van der Waals surface area (Å²) in [5.74, 6) is -0.205. The van der Waals surface area contributed by atoms with Crippen LogP contribution in [0.4, 0.5) is 11.4 Å². The Hall–Kier alpha value is -2.49. The molecule has 1 amide bonds. The Bertz CT molecular complexity index is 529. The highest BCUT2D eigenvalue weighted by Crippen LogP contribution is 2.16. The first-order valence-electron chi connectivity index (χ1n) is 5.22. The highest BCUT2D eigenvalue weighted by Gasteiger charge is 2.00. The monoisotopic (exact) mass is 227 g/mol. The zero-order chi connectivity index (χ0) is 12.1. The van der Waals surface area contributed by atoms with Crippen molar-refractivity contribution in [2.75, 3.05) is 11.1 Å². The van der Waals surface area contributed by atoms with Gasteiger partial charge in [0.25, 0.3) is 0 Å². The molecule has 0 radical (unpaired) electrons. The number of H-pyrrole nitrogens is 1. The molecule has 17 heavy (non-hydrogen) atoms. The van der Waals surface area contributed by atoms with E-state index in [4.69, 9.17) is 5.73 Å². The maximum Gasteiger partial charge on any atom is 0.248 e. The molecule has 0 aliphatic rings. The third kappa shape index (κ3) is 2.98. The normalized spacial score (nSPS) is 10.6. The van der Waals surface area contributed by atoms with Crippen molar-refractivity contribution in [2.24, 2.45) is 0 Å². The van der Waals surface area contributed by atoms with Gasteiger partial charge in [0.2, 0.25) is 5.91 Å². The number of hydrogen-bond acceptors (Lipinski definition) is 2. The SMILES string of the molecule is Nc1ccccc1NC(=O)/C=C/c1cc[nH]c1. The summed E-state index contributed by atoms with van der Waals surface area (Å²) in [6.07, 6.45) is 6.80. The molecule has 0 saturated carbocycles. The first-order chi connectivity index (χ1) is 8.25. The number of aromatic nitrogens is 1. The molecule has 0 unspecified atom stereocenters. The van der Waals surface area contributed by atoms with Gasteiger partial charge in [0.1, 0.15) is 0 Å². The minimum Gasteiger partial charge on any atom is -0.397 e. The van der Waals surface area contributed by atoms with Crippen LogP contribution >= 0.6 is 0 Å². The van der Waals surface area contributed by atoms with E-state index in [1.807, 2.05) is 18.2 Å². The number of carbonyl (C=O) groups excluding carboxylic acids is 1. The van der Waals surface area contributed by atoms with Crippen LogP contribution in [0, 0.1) is 0 Å². The highest BCUT2D eigenvalue weighted by molar-refractivity contribution is 6.03. The summed E-state index contributed by atoms with van der Waals surface area (Å²) in [6.45, 7) is 0. The summed E-state index contributed by atoms with van der Waals surface area (Å²) < 4.78 is 0. The number of rotatable bonds is 3. The van der Waals surface area contributed by atoms with Crippen LogP contribution in [0.1, 0.15) is 5.56 Å². The predicted molar refractivity (Wildman–Crippen MR) is 69.3 cm³/mol. The fourth-order valence-corrected chi connectivity index (χ4v) is 1.40. The van der Waals surface area contributed by atoms with Crippen LogP contribution in [0.15, 0.2) is 48.8 Å². The Labute approximate surface area is 99.2 Å². The Morgan fingerprint density at radius 2 is 2.12 bits per heavy atom. The third-order valence-electron chi connectivity index (χ3n) is 2.27. The number of carbonyl (C=O) groups is 1. The largest absolute Gasteiger partial charge is 0.397 e. The molecule has 0 aliphatic carbocycles. The summed E-state index contributed by atoms with van der Waals surface area (Å²) in [5, 5.41) is 2.71. The van der Waals surface area contributed by atoms with E-state index in [9.17, 15) is 4.79 Å². The van der Waals surface area contributed by atoms with E-state index in [-0.39, 0.29) is 5.91 Å². The molecule has 0 bridgehead atoms. The van der Waals surface area contributed by atoms with Crippen LogP contribution in [0.2, 0.25) is 0 Å². The fraction of sp³-hybridized carbons (Fsp3) is 0. The molecular weight excluding hydrogens is 214 g/mol. The lowest BCUT2D eigenvalue weighted by Gasteiger charge is -2.04. The van der Waals surface area contributed by atoms with Crippen molar-refractivity contribution in [2.45, 2.75) is 0 Å². The predicted octanol–water partition coefficient (Wildman–Crippen LogP) is 2.25. The number of aromatic amines is 1. The molecule has 0 saturated heterocycles. The first kappa shape index (κ1) is 11.0. The first-order valence-corrected chi connectivity index (χ1v) is 5.22. The molecule has 1 aromatic heterocycles. The molecule has 0 atom stereocenters. The van der Waals surface area contributed by atoms with Gasteiger partial charge in [-0.15, -0.1) is 0 Å². The Morgan fingerprint density at radius 1 is 1.29 bits per heavy atom. The second-order valence-electron chi connectivity index (χ2n) is 3.55. The van der Waals surface area contributed by atoms with Crippen LogP contribution in [-0.2, 0) is 4.79 Å². The Morgan fingerprint density at radius 3 is 2.82 bits per heavy atom. The Balaban J connectivity index is 2.01. The van der Waals surface area contributed by atoms with Crippen LogP contribution in [0.5, 0.6) is 0 Å². The molecule has 1 heterocycles. The molecule has 2 rings (SSSR count). The van der Waals surface area contributed by atoms with Gasteiger partial charge < -0.3 is 16.0 Å². The van der Waals surface area contributed by atoms with Crippen molar-refractivity contribution in [1.29, 1.82) is 0 Å². The van der Waals surface area contributed by atoms with Crippen LogP contribution in [-0.4, -0.2) is 10.9 Å². The summed E-state index contributed by atoms with van der Waals surface area (Å²) in [7, 11) is 0. The van der Waals surface area contributed by atoms with Crippen molar-refractivity contribution >= 4 is 23.4 Å². The number of anilines is 2. The molecule has 4 nitrogen and oxygen atoms in total. The van der Waals surface area contributed by atoms with E-state index in [0.29, 0.717) is 11.4 Å². The summed E-state index contributed by atoms with van der Waals surface area (Å²) in [6, 6.07) is 9.02. The fourth-order valence-electron chi connectivity index (χ4n) is 1.40. The number of benzene rings is 1. The maximum atomic E-state index is 11.6. The van der Waals surface area contributed by atoms with Gasteiger partial charge in [-0.05, 0) is 29.8 Å². The molecular formula is C13H13N3O. The zero-order valence-corrected chi connectivity index (χ0v) is 9.18. The van der Waals surface area contributed by atoms with Gasteiger partial charge in [-0.1, -0.05) is 12.1 Å². The summed E-state index contributed by atoms with van der Waals surface area (Å²) in [5.41, 5.74) is 7.83. The molecule has 2 aromatic rings. The number of nitrogen functional groups attached to an aromatic ring is 1. The molecule has 1 aromatic carbocycles. The van der Waals surface area contributed by atoms with Gasteiger partial charge in [0.05, 0.1) is 11.4 Å². The van der Waals surface area contributed by atoms with E-state index >= 15 is 0 Å². The van der Waals surface area contributed by atoms with Crippen molar-refractivity contribution in [3.8, 4) is 0 Å². The topological polar surface area (TPSA) is 70.9 Å². The average Bonchev–Trinajstić information content (AvgIpc) is 2.82. The number of hydrogen-bond donors (Lipinski definition) is 3. The number of nitrogens with one attached hydrogen (secondary N) is 2. The third-order valence-corrected chi connectivity index (χ3v) is 2.27. The second-order valence-corrected chi connectivity index (χ2v) is 3.55. The lowest BCUT2D eigenvalue weighted by atomic mass is 10.2. The molecule has 86 valence electrons. The van der Waals surface area contributed by atoms with Gasteiger partial charge >= 0.3 is 0 Å². The van der Waals surface area contributed by atoms with Crippen LogP contribution < -0.4 is 11.1 Å². The minimum absolute atomic E-state index is 0.205.